The fourth-order valence-corrected chi connectivity index (χ4v) is 1.26. The van der Waals surface area contributed by atoms with E-state index in [2.05, 4.69) is 9.97 Å². The minimum absolute atomic E-state index is 0.121. The maximum atomic E-state index is 11.5. The number of aromatic amines is 1. The Kier molecular flexibility index (Phi) is 2.86. The number of nitrogens with one attached hydrogen (secondary N) is 1. The number of rotatable bonds is 3. The fraction of sp³-hybridized carbons (Fsp3) is 0.0909. The summed E-state index contributed by atoms with van der Waals surface area (Å²) in [6.45, 7) is 0.214. The molecule has 0 amide bonds. The maximum absolute atomic E-state index is 11.5. The Morgan fingerprint density at radius 1 is 1.38 bits per heavy atom. The van der Waals surface area contributed by atoms with Crippen LogP contribution in [0.25, 0.3) is 0 Å². The van der Waals surface area contributed by atoms with E-state index in [1.807, 2.05) is 30.3 Å². The minimum atomic E-state index is -0.525. The van der Waals surface area contributed by atoms with Crippen LogP contribution in [-0.4, -0.2) is 15.9 Å². The lowest BCUT2D eigenvalue weighted by molar-refractivity contribution is 0.0468. The van der Waals surface area contributed by atoms with Gasteiger partial charge < -0.3 is 15.5 Å². The number of H-pyrrole nitrogens is 1. The molecule has 16 heavy (non-hydrogen) atoms. The van der Waals surface area contributed by atoms with Crippen LogP contribution in [0.1, 0.15) is 16.1 Å². The third kappa shape index (κ3) is 2.20. The molecule has 0 aliphatic rings. The molecule has 0 unspecified atom stereocenters. The van der Waals surface area contributed by atoms with E-state index in [1.54, 1.807) is 0 Å². The van der Waals surface area contributed by atoms with Gasteiger partial charge in [0.1, 0.15) is 12.4 Å². The van der Waals surface area contributed by atoms with Gasteiger partial charge in [-0.05, 0) is 5.56 Å². The Labute approximate surface area is 92.3 Å². The zero-order chi connectivity index (χ0) is 11.4. The van der Waals surface area contributed by atoms with Gasteiger partial charge in [0.05, 0.1) is 6.33 Å². The fourth-order valence-electron chi connectivity index (χ4n) is 1.26. The molecule has 0 fully saturated rings. The summed E-state index contributed by atoms with van der Waals surface area (Å²) in [4.78, 5) is 17.9. The number of aromatic nitrogens is 2. The summed E-state index contributed by atoms with van der Waals surface area (Å²) in [5.41, 5.74) is 6.53. The van der Waals surface area contributed by atoms with Crippen molar-refractivity contribution in [3.8, 4) is 0 Å². The molecule has 0 radical (unpaired) electrons. The molecule has 1 heterocycles. The van der Waals surface area contributed by atoms with E-state index in [-0.39, 0.29) is 18.1 Å². The molecule has 82 valence electrons. The molecule has 0 aliphatic carbocycles. The van der Waals surface area contributed by atoms with Crippen LogP contribution < -0.4 is 5.73 Å². The number of hydrogen-bond donors (Lipinski definition) is 2. The van der Waals surface area contributed by atoms with Gasteiger partial charge in [-0.15, -0.1) is 0 Å². The number of anilines is 1. The molecule has 0 atom stereocenters. The number of imidazole rings is 1. The van der Waals surface area contributed by atoms with Crippen LogP contribution in [0.3, 0.4) is 0 Å². The van der Waals surface area contributed by atoms with Crippen LogP contribution in [0.5, 0.6) is 0 Å². The molecule has 1 aromatic carbocycles. The zero-order valence-corrected chi connectivity index (χ0v) is 8.51. The maximum Gasteiger partial charge on any atom is 0.361 e. The number of ether oxygens (including phenoxy) is 1. The quantitative estimate of drug-likeness (QED) is 0.760. The van der Waals surface area contributed by atoms with Crippen molar-refractivity contribution in [3.05, 3.63) is 47.9 Å². The topological polar surface area (TPSA) is 81.0 Å². The van der Waals surface area contributed by atoms with E-state index < -0.39 is 5.97 Å². The smallest absolute Gasteiger partial charge is 0.361 e. The van der Waals surface area contributed by atoms with Gasteiger partial charge in [0.25, 0.3) is 0 Å². The lowest BCUT2D eigenvalue weighted by Gasteiger charge is -2.03. The monoisotopic (exact) mass is 217 g/mol. The number of nitrogens with two attached hydrogens (primary N) is 1. The molecule has 0 spiro atoms. The molecule has 0 saturated carbocycles. The third-order valence-electron chi connectivity index (χ3n) is 2.07. The number of hydrogen-bond acceptors (Lipinski definition) is 4. The van der Waals surface area contributed by atoms with Gasteiger partial charge in [-0.2, -0.15) is 0 Å². The highest BCUT2D eigenvalue weighted by Crippen LogP contribution is 2.08. The SMILES string of the molecule is Nc1[nH]cnc1C(=O)OCc1ccccc1. The van der Waals surface area contributed by atoms with E-state index in [1.165, 1.54) is 6.33 Å². The van der Waals surface area contributed by atoms with Gasteiger partial charge in [-0.3, -0.25) is 0 Å². The number of benzene rings is 1. The summed E-state index contributed by atoms with van der Waals surface area (Å²) < 4.78 is 5.05. The Balaban J connectivity index is 1.97. The predicted molar refractivity (Wildman–Crippen MR) is 58.6 cm³/mol. The minimum Gasteiger partial charge on any atom is -0.456 e. The zero-order valence-electron chi connectivity index (χ0n) is 8.51. The van der Waals surface area contributed by atoms with E-state index in [0.717, 1.165) is 5.56 Å². The first-order valence-corrected chi connectivity index (χ1v) is 4.77. The molecular weight excluding hydrogens is 206 g/mol. The number of nitrogen functional groups attached to an aromatic ring is 1. The average molecular weight is 217 g/mol. The highest BCUT2D eigenvalue weighted by Gasteiger charge is 2.13. The van der Waals surface area contributed by atoms with Crippen LogP contribution in [0, 0.1) is 0 Å². The first-order valence-electron chi connectivity index (χ1n) is 4.77. The number of carbonyl (C=O) groups is 1. The first-order chi connectivity index (χ1) is 7.77. The Morgan fingerprint density at radius 3 is 2.75 bits per heavy atom. The second-order valence-corrected chi connectivity index (χ2v) is 3.23. The Bertz CT molecular complexity index is 479. The Morgan fingerprint density at radius 2 is 2.12 bits per heavy atom. The summed E-state index contributed by atoms with van der Waals surface area (Å²) in [6, 6.07) is 9.41. The second-order valence-electron chi connectivity index (χ2n) is 3.23. The predicted octanol–water partition coefficient (Wildman–Crippen LogP) is 1.35. The van der Waals surface area contributed by atoms with Crippen LogP contribution in [-0.2, 0) is 11.3 Å². The highest BCUT2D eigenvalue weighted by molar-refractivity contribution is 5.91. The second kappa shape index (κ2) is 4.48. The summed E-state index contributed by atoms with van der Waals surface area (Å²) >= 11 is 0. The van der Waals surface area contributed by atoms with Gasteiger partial charge in [0, 0.05) is 0 Å². The summed E-state index contributed by atoms with van der Waals surface area (Å²) in [5.74, 6) is -0.305. The average Bonchev–Trinajstić information content (AvgIpc) is 2.74. The van der Waals surface area contributed by atoms with Crippen LogP contribution in [0.2, 0.25) is 0 Å². The number of nitrogens with zero attached hydrogens (tertiary/aromatic N) is 1. The Hall–Kier alpha value is -2.30. The largest absolute Gasteiger partial charge is 0.456 e. The van der Waals surface area contributed by atoms with E-state index in [4.69, 9.17) is 10.5 Å². The number of esters is 1. The van der Waals surface area contributed by atoms with Gasteiger partial charge >= 0.3 is 5.97 Å². The molecule has 2 aromatic rings. The standard InChI is InChI=1S/C11H11N3O2/c12-10-9(13-7-14-10)11(15)16-6-8-4-2-1-3-5-8/h1-5,7H,6,12H2,(H,13,14). The van der Waals surface area contributed by atoms with Gasteiger partial charge in [0.15, 0.2) is 5.69 Å². The molecule has 0 bridgehead atoms. The van der Waals surface area contributed by atoms with Crippen molar-refractivity contribution in [2.45, 2.75) is 6.61 Å². The number of carbonyl (C=O) groups excluding carboxylic acids is 1. The summed E-state index contributed by atoms with van der Waals surface area (Å²) in [5, 5.41) is 0. The summed E-state index contributed by atoms with van der Waals surface area (Å²) in [6.07, 6.45) is 1.36. The molecule has 5 heteroatoms. The van der Waals surface area contributed by atoms with E-state index in [0.29, 0.717) is 0 Å². The lowest BCUT2D eigenvalue weighted by Crippen LogP contribution is -2.08. The molecule has 0 saturated heterocycles. The van der Waals surface area contributed by atoms with Gasteiger partial charge in [-0.25, -0.2) is 9.78 Å². The van der Waals surface area contributed by atoms with Crippen LogP contribution in [0.15, 0.2) is 36.7 Å². The molecule has 2 rings (SSSR count). The highest BCUT2D eigenvalue weighted by atomic mass is 16.5. The molecular formula is C11H11N3O2. The van der Waals surface area contributed by atoms with E-state index >= 15 is 0 Å². The van der Waals surface area contributed by atoms with Gasteiger partial charge in [-0.1, -0.05) is 30.3 Å². The van der Waals surface area contributed by atoms with Crippen molar-refractivity contribution in [3.63, 3.8) is 0 Å². The van der Waals surface area contributed by atoms with E-state index in [9.17, 15) is 4.79 Å². The van der Waals surface area contributed by atoms with Crippen molar-refractivity contribution >= 4 is 11.8 Å². The van der Waals surface area contributed by atoms with Crippen LogP contribution >= 0.6 is 0 Å². The molecule has 3 N–H and O–H groups in total. The van der Waals surface area contributed by atoms with Crippen LogP contribution in [0.4, 0.5) is 5.82 Å². The lowest BCUT2D eigenvalue weighted by atomic mass is 10.2. The molecule has 5 nitrogen and oxygen atoms in total. The first kappa shape index (κ1) is 10.2. The van der Waals surface area contributed by atoms with Crippen molar-refractivity contribution < 1.29 is 9.53 Å². The van der Waals surface area contributed by atoms with Crippen molar-refractivity contribution in [2.75, 3.05) is 5.73 Å². The normalized spacial score (nSPS) is 10.0. The third-order valence-corrected chi connectivity index (χ3v) is 2.07. The summed E-state index contributed by atoms with van der Waals surface area (Å²) in [7, 11) is 0. The van der Waals surface area contributed by atoms with Crippen molar-refractivity contribution in [1.29, 1.82) is 0 Å². The molecule has 0 aliphatic heterocycles. The van der Waals surface area contributed by atoms with Gasteiger partial charge in [0.2, 0.25) is 0 Å². The molecule has 1 aromatic heterocycles. The van der Waals surface area contributed by atoms with Crippen molar-refractivity contribution in [1.82, 2.24) is 9.97 Å². The van der Waals surface area contributed by atoms with Crippen molar-refractivity contribution in [2.24, 2.45) is 0 Å².